The number of amides is 2. The predicted octanol–water partition coefficient (Wildman–Crippen LogP) is 3.12. The number of oxazole rings is 1. The molecule has 0 aliphatic carbocycles. The molecular formula is C16H17N5O2S. The fourth-order valence-corrected chi connectivity index (χ4v) is 2.70. The molecule has 2 N–H and O–H groups in total. The lowest BCUT2D eigenvalue weighted by Gasteiger charge is -2.03. The van der Waals surface area contributed by atoms with Crippen LogP contribution in [-0.2, 0) is 12.8 Å². The van der Waals surface area contributed by atoms with Gasteiger partial charge in [0.25, 0.3) is 0 Å². The van der Waals surface area contributed by atoms with Crippen LogP contribution >= 0.6 is 11.3 Å². The summed E-state index contributed by atoms with van der Waals surface area (Å²) < 4.78 is 5.46. The minimum absolute atomic E-state index is 0.305. The number of hydrogen-bond acceptors (Lipinski definition) is 6. The highest BCUT2D eigenvalue weighted by Crippen LogP contribution is 2.18. The number of nitrogens with zero attached hydrogens (tertiary/aromatic N) is 3. The number of aromatic nitrogens is 3. The second-order valence-electron chi connectivity index (χ2n) is 5.00. The Morgan fingerprint density at radius 1 is 1.25 bits per heavy atom. The van der Waals surface area contributed by atoms with E-state index in [1.165, 1.54) is 11.3 Å². The van der Waals surface area contributed by atoms with Gasteiger partial charge in [-0.15, -0.1) is 10.2 Å². The number of benzene rings is 1. The summed E-state index contributed by atoms with van der Waals surface area (Å²) in [5.74, 6) is 0.580. The lowest BCUT2D eigenvalue weighted by Crippen LogP contribution is -2.30. The van der Waals surface area contributed by atoms with E-state index in [4.69, 9.17) is 4.42 Å². The highest BCUT2D eigenvalue weighted by molar-refractivity contribution is 7.15. The summed E-state index contributed by atoms with van der Waals surface area (Å²) in [6.07, 6.45) is 3.00. The third-order valence-corrected chi connectivity index (χ3v) is 4.21. The molecule has 8 heteroatoms. The second-order valence-corrected chi connectivity index (χ2v) is 6.06. The molecule has 0 radical (unpaired) electrons. The Morgan fingerprint density at radius 3 is 2.83 bits per heavy atom. The molecule has 2 amide bonds. The van der Waals surface area contributed by atoms with Gasteiger partial charge in [0, 0.05) is 18.5 Å². The van der Waals surface area contributed by atoms with Crippen molar-refractivity contribution in [3.63, 3.8) is 0 Å². The van der Waals surface area contributed by atoms with Gasteiger partial charge in [0.05, 0.1) is 5.69 Å². The van der Waals surface area contributed by atoms with Crippen molar-refractivity contribution in [2.75, 3.05) is 11.9 Å². The van der Waals surface area contributed by atoms with Crippen molar-refractivity contribution in [2.45, 2.75) is 19.8 Å². The fraction of sp³-hybridized carbons (Fsp3) is 0.250. The number of rotatable bonds is 6. The first-order valence-electron chi connectivity index (χ1n) is 7.61. The van der Waals surface area contributed by atoms with Crippen molar-refractivity contribution >= 4 is 22.5 Å². The van der Waals surface area contributed by atoms with Crippen LogP contribution in [-0.4, -0.2) is 27.8 Å². The molecule has 0 saturated heterocycles. The third-order valence-electron chi connectivity index (χ3n) is 3.23. The van der Waals surface area contributed by atoms with Crippen molar-refractivity contribution in [1.29, 1.82) is 0 Å². The zero-order chi connectivity index (χ0) is 16.8. The van der Waals surface area contributed by atoms with Crippen LogP contribution in [0.2, 0.25) is 0 Å². The average molecular weight is 343 g/mol. The van der Waals surface area contributed by atoms with Crippen molar-refractivity contribution in [3.05, 3.63) is 47.3 Å². The molecule has 0 bridgehead atoms. The monoisotopic (exact) mass is 343 g/mol. The van der Waals surface area contributed by atoms with Gasteiger partial charge in [-0.05, 0) is 18.6 Å². The molecule has 124 valence electrons. The Hall–Kier alpha value is -2.74. The van der Waals surface area contributed by atoms with Crippen LogP contribution in [0.25, 0.3) is 11.5 Å². The highest BCUT2D eigenvalue weighted by atomic mass is 32.1. The van der Waals surface area contributed by atoms with E-state index in [2.05, 4.69) is 25.8 Å². The maximum absolute atomic E-state index is 11.8. The first kappa shape index (κ1) is 16.1. The van der Waals surface area contributed by atoms with Gasteiger partial charge in [0.2, 0.25) is 11.0 Å². The van der Waals surface area contributed by atoms with E-state index in [0.29, 0.717) is 24.0 Å². The van der Waals surface area contributed by atoms with Crippen molar-refractivity contribution in [2.24, 2.45) is 0 Å². The Labute approximate surface area is 143 Å². The van der Waals surface area contributed by atoms with Gasteiger partial charge in [-0.3, -0.25) is 5.32 Å². The molecule has 7 nitrogen and oxygen atoms in total. The van der Waals surface area contributed by atoms with Crippen LogP contribution in [0, 0.1) is 0 Å². The predicted molar refractivity (Wildman–Crippen MR) is 92.0 cm³/mol. The molecular weight excluding hydrogens is 326 g/mol. The van der Waals surface area contributed by atoms with Crippen molar-refractivity contribution in [3.8, 4) is 11.5 Å². The first-order valence-corrected chi connectivity index (χ1v) is 8.43. The molecule has 3 rings (SSSR count). The molecule has 0 unspecified atom stereocenters. The van der Waals surface area contributed by atoms with Crippen LogP contribution in [0.5, 0.6) is 0 Å². The van der Waals surface area contributed by atoms with Crippen molar-refractivity contribution in [1.82, 2.24) is 20.5 Å². The number of hydrogen-bond donors (Lipinski definition) is 2. The Morgan fingerprint density at radius 2 is 2.08 bits per heavy atom. The van der Waals surface area contributed by atoms with E-state index in [1.807, 2.05) is 37.3 Å². The van der Waals surface area contributed by atoms with Gasteiger partial charge in [-0.25, -0.2) is 9.78 Å². The molecule has 24 heavy (non-hydrogen) atoms. The molecule has 0 spiro atoms. The fourth-order valence-electron chi connectivity index (χ4n) is 2.03. The maximum Gasteiger partial charge on any atom is 0.321 e. The van der Waals surface area contributed by atoms with Gasteiger partial charge in [0.15, 0.2) is 0 Å². The molecule has 0 aliphatic heterocycles. The highest BCUT2D eigenvalue weighted by Gasteiger charge is 2.08. The lowest BCUT2D eigenvalue weighted by atomic mass is 10.2. The summed E-state index contributed by atoms with van der Waals surface area (Å²) in [6.45, 7) is 2.44. The number of carbonyl (C=O) groups excluding carboxylic acids is 1. The van der Waals surface area contributed by atoms with Gasteiger partial charge < -0.3 is 9.73 Å². The van der Waals surface area contributed by atoms with E-state index < -0.39 is 0 Å². The quantitative estimate of drug-likeness (QED) is 0.717. The molecule has 2 aromatic heterocycles. The number of aryl methyl sites for hydroxylation is 1. The molecule has 1 aromatic carbocycles. The number of carbonyl (C=O) groups is 1. The molecule has 2 heterocycles. The summed E-state index contributed by atoms with van der Waals surface area (Å²) in [7, 11) is 0. The minimum Gasteiger partial charge on any atom is -0.444 e. The van der Waals surface area contributed by atoms with E-state index in [1.54, 1.807) is 6.26 Å². The number of urea groups is 1. The van der Waals surface area contributed by atoms with E-state index in [9.17, 15) is 4.79 Å². The summed E-state index contributed by atoms with van der Waals surface area (Å²) in [6, 6.07) is 9.38. The van der Waals surface area contributed by atoms with Crippen LogP contribution in [0.3, 0.4) is 0 Å². The Kier molecular flexibility index (Phi) is 5.17. The van der Waals surface area contributed by atoms with E-state index in [0.717, 1.165) is 22.7 Å². The summed E-state index contributed by atoms with van der Waals surface area (Å²) in [5.41, 5.74) is 1.72. The van der Waals surface area contributed by atoms with Crippen LogP contribution < -0.4 is 10.6 Å². The minimum atomic E-state index is -0.305. The topological polar surface area (TPSA) is 92.9 Å². The van der Waals surface area contributed by atoms with Gasteiger partial charge in [-0.2, -0.15) is 0 Å². The molecule has 0 saturated carbocycles. The lowest BCUT2D eigenvalue weighted by molar-refractivity contribution is 0.252. The molecule has 0 atom stereocenters. The first-order chi connectivity index (χ1) is 11.7. The third kappa shape index (κ3) is 4.17. The summed E-state index contributed by atoms with van der Waals surface area (Å²) in [4.78, 5) is 16.2. The SMILES string of the molecule is CCc1nnc(NC(=O)NCCc2coc(-c3ccccc3)n2)s1. The average Bonchev–Trinajstić information content (AvgIpc) is 3.25. The largest absolute Gasteiger partial charge is 0.444 e. The molecule has 3 aromatic rings. The standard InChI is InChI=1S/C16H17N5O2S/c1-2-13-20-21-16(24-13)19-15(22)17-9-8-12-10-23-14(18-12)11-6-4-3-5-7-11/h3-7,10H,2,8-9H2,1H3,(H2,17,19,21,22). The number of nitrogens with one attached hydrogen (secondary N) is 2. The van der Waals surface area contributed by atoms with Crippen LogP contribution in [0.4, 0.5) is 9.93 Å². The number of anilines is 1. The van der Waals surface area contributed by atoms with Crippen LogP contribution in [0.1, 0.15) is 17.6 Å². The summed E-state index contributed by atoms with van der Waals surface area (Å²) >= 11 is 1.37. The van der Waals surface area contributed by atoms with Gasteiger partial charge >= 0.3 is 6.03 Å². The maximum atomic E-state index is 11.8. The van der Waals surface area contributed by atoms with E-state index >= 15 is 0 Å². The van der Waals surface area contributed by atoms with E-state index in [-0.39, 0.29) is 6.03 Å². The second kappa shape index (κ2) is 7.69. The zero-order valence-corrected chi connectivity index (χ0v) is 14.0. The van der Waals surface area contributed by atoms with Crippen molar-refractivity contribution < 1.29 is 9.21 Å². The normalized spacial score (nSPS) is 10.5. The summed E-state index contributed by atoms with van der Waals surface area (Å²) in [5, 5.41) is 14.7. The smallest absolute Gasteiger partial charge is 0.321 e. The van der Waals surface area contributed by atoms with Gasteiger partial charge in [0.1, 0.15) is 11.3 Å². The molecule has 0 fully saturated rings. The van der Waals surface area contributed by atoms with Gasteiger partial charge in [-0.1, -0.05) is 36.5 Å². The van der Waals surface area contributed by atoms with Crippen LogP contribution in [0.15, 0.2) is 41.0 Å². The Bertz CT molecular complexity index is 800. The Balaban J connectivity index is 1.46. The zero-order valence-electron chi connectivity index (χ0n) is 13.2. The molecule has 0 aliphatic rings.